The topological polar surface area (TPSA) is 61.0 Å². The van der Waals surface area contributed by atoms with Crippen molar-refractivity contribution in [1.82, 2.24) is 15.6 Å². The fourth-order valence-electron chi connectivity index (χ4n) is 4.90. The van der Waals surface area contributed by atoms with Crippen LogP contribution >= 0.6 is 0 Å². The number of hydrogen-bond acceptors (Lipinski definition) is 5. The average Bonchev–Trinajstić information content (AvgIpc) is 3.71. The van der Waals surface area contributed by atoms with Gasteiger partial charge in [-0.05, 0) is 79.5 Å². The third kappa shape index (κ3) is 7.44. The van der Waals surface area contributed by atoms with Crippen molar-refractivity contribution < 1.29 is 0 Å². The summed E-state index contributed by atoms with van der Waals surface area (Å²) < 4.78 is 0. The van der Waals surface area contributed by atoms with Crippen LogP contribution < -0.4 is 21.3 Å². The maximum absolute atomic E-state index is 4.47. The van der Waals surface area contributed by atoms with Crippen LogP contribution in [0.15, 0.2) is 116 Å². The van der Waals surface area contributed by atoms with Crippen molar-refractivity contribution in [2.24, 2.45) is 5.92 Å². The zero-order valence-electron chi connectivity index (χ0n) is 24.1. The third-order valence-electron chi connectivity index (χ3n) is 7.62. The molecular weight excluding hydrogens is 490 g/mol. The molecule has 0 bridgehead atoms. The minimum Gasteiger partial charge on any atom is -0.388 e. The predicted molar refractivity (Wildman–Crippen MR) is 173 cm³/mol. The number of aromatic nitrogens is 1. The number of pyridine rings is 1. The van der Waals surface area contributed by atoms with Gasteiger partial charge < -0.3 is 21.3 Å². The molecule has 5 nitrogen and oxygen atoms in total. The number of anilines is 2. The van der Waals surface area contributed by atoms with Gasteiger partial charge in [-0.1, -0.05) is 64.0 Å². The second kappa shape index (κ2) is 13.2. The molecule has 2 fully saturated rings. The van der Waals surface area contributed by atoms with E-state index >= 15 is 0 Å². The molecule has 208 valence electrons. The number of hydrogen-bond donors (Lipinski definition) is 4. The van der Waals surface area contributed by atoms with Crippen molar-refractivity contribution in [3.8, 4) is 11.1 Å². The summed E-state index contributed by atoms with van der Waals surface area (Å²) >= 11 is 0. The largest absolute Gasteiger partial charge is 0.388 e. The molecule has 2 aromatic rings. The lowest BCUT2D eigenvalue weighted by molar-refractivity contribution is 0.591. The summed E-state index contributed by atoms with van der Waals surface area (Å²) in [6.07, 6.45) is 17.1. The van der Waals surface area contributed by atoms with E-state index in [9.17, 15) is 0 Å². The van der Waals surface area contributed by atoms with E-state index in [4.69, 9.17) is 0 Å². The monoisotopic (exact) mass is 533 g/mol. The minimum absolute atomic E-state index is 0.508. The summed E-state index contributed by atoms with van der Waals surface area (Å²) in [5.74, 6) is 0.578. The molecule has 0 radical (unpaired) electrons. The number of rotatable bonds is 14. The van der Waals surface area contributed by atoms with Gasteiger partial charge in [-0.3, -0.25) is 4.98 Å². The van der Waals surface area contributed by atoms with E-state index in [-0.39, 0.29) is 0 Å². The summed E-state index contributed by atoms with van der Waals surface area (Å²) in [5.41, 5.74) is 10.2. The Labute approximate surface area is 240 Å². The highest BCUT2D eigenvalue weighted by Gasteiger charge is 2.24. The summed E-state index contributed by atoms with van der Waals surface area (Å²) in [4.78, 5) is 4.47. The van der Waals surface area contributed by atoms with Gasteiger partial charge >= 0.3 is 0 Å². The number of allylic oxidation sites excluding steroid dienone is 5. The van der Waals surface area contributed by atoms with E-state index in [0.29, 0.717) is 17.7 Å². The van der Waals surface area contributed by atoms with Crippen LogP contribution in [-0.2, 0) is 0 Å². The summed E-state index contributed by atoms with van der Waals surface area (Å²) in [6, 6.07) is 8.90. The highest BCUT2D eigenvalue weighted by Crippen LogP contribution is 2.36. The first-order valence-corrected chi connectivity index (χ1v) is 14.2. The highest BCUT2D eigenvalue weighted by molar-refractivity contribution is 5.87. The van der Waals surface area contributed by atoms with Crippen molar-refractivity contribution >= 4 is 16.9 Å². The average molecular weight is 534 g/mol. The van der Waals surface area contributed by atoms with Gasteiger partial charge in [0.05, 0.1) is 11.9 Å². The van der Waals surface area contributed by atoms with Crippen LogP contribution in [0.5, 0.6) is 0 Å². The molecule has 2 aliphatic rings. The molecule has 0 amide bonds. The molecule has 0 aliphatic heterocycles. The second-order valence-corrected chi connectivity index (χ2v) is 10.7. The second-order valence-electron chi connectivity index (χ2n) is 10.7. The molecule has 5 heteroatoms. The smallest absolute Gasteiger partial charge is 0.0574 e. The van der Waals surface area contributed by atoms with E-state index in [0.717, 1.165) is 56.3 Å². The van der Waals surface area contributed by atoms with Crippen LogP contribution in [0.2, 0.25) is 0 Å². The van der Waals surface area contributed by atoms with Crippen LogP contribution in [0.1, 0.15) is 51.0 Å². The zero-order chi connectivity index (χ0) is 28.6. The van der Waals surface area contributed by atoms with Gasteiger partial charge in [0.1, 0.15) is 0 Å². The molecule has 1 aromatic carbocycles. The molecule has 0 saturated heterocycles. The molecule has 0 atom stereocenters. The SMILES string of the molecule is C=C(/C=C\C(=C/C)NC(=C)C(=C)c1cc(-c2cncc(NC(=C)C3CC3)c2)ccc1NC)C(=C)NC1CCCC1. The van der Waals surface area contributed by atoms with E-state index in [1.807, 2.05) is 44.6 Å². The molecule has 0 unspecified atom stereocenters. The van der Waals surface area contributed by atoms with Crippen molar-refractivity contribution in [2.45, 2.75) is 51.5 Å². The first kappa shape index (κ1) is 28.8. The van der Waals surface area contributed by atoms with Crippen molar-refractivity contribution in [3.63, 3.8) is 0 Å². The molecule has 4 N–H and O–H groups in total. The van der Waals surface area contributed by atoms with E-state index in [1.165, 1.54) is 38.5 Å². The molecular formula is C35H43N5. The first-order valence-electron chi connectivity index (χ1n) is 14.2. The highest BCUT2D eigenvalue weighted by atomic mass is 14.9. The number of nitrogens with zero attached hydrogens (tertiary/aromatic N) is 1. The van der Waals surface area contributed by atoms with Crippen LogP contribution in [0.25, 0.3) is 16.7 Å². The van der Waals surface area contributed by atoms with Crippen LogP contribution in [0, 0.1) is 5.92 Å². The Bertz CT molecular complexity index is 1370. The van der Waals surface area contributed by atoms with Gasteiger partial charge in [0.15, 0.2) is 0 Å². The fraction of sp³-hybridized carbons (Fsp3) is 0.286. The molecule has 2 saturated carbocycles. The fourth-order valence-corrected chi connectivity index (χ4v) is 4.90. The molecule has 1 heterocycles. The lowest BCUT2D eigenvalue weighted by Crippen LogP contribution is -2.25. The van der Waals surface area contributed by atoms with Gasteiger partial charge in [0, 0.05) is 58.9 Å². The molecule has 40 heavy (non-hydrogen) atoms. The third-order valence-corrected chi connectivity index (χ3v) is 7.62. The summed E-state index contributed by atoms with van der Waals surface area (Å²) in [5, 5.41) is 13.7. The Hall–Kier alpha value is -4.25. The number of nitrogens with one attached hydrogen (secondary N) is 4. The van der Waals surface area contributed by atoms with Gasteiger partial charge in [-0.2, -0.15) is 0 Å². The summed E-state index contributed by atoms with van der Waals surface area (Å²) in [7, 11) is 1.91. The van der Waals surface area contributed by atoms with Crippen LogP contribution in [0.3, 0.4) is 0 Å². The molecule has 1 aromatic heterocycles. The molecule has 2 aliphatic carbocycles. The summed E-state index contributed by atoms with van der Waals surface area (Å²) in [6.45, 7) is 23.2. The molecule has 4 rings (SSSR count). The standard InChI is InChI=1S/C35H43N5/c1-8-31(17-13-23(2)25(4)38-32-11-9-10-12-32)39-26(5)24(3)34-20-29(16-18-35(34)36-7)30-19-33(22-37-21-30)40-27(6)28-14-15-28/h8,13,16-22,28,32,36,38-40H,2-6,9-12,14-15H2,1,7H3/b17-13-,31-8+. The zero-order valence-corrected chi connectivity index (χ0v) is 24.1. The molecule has 0 spiro atoms. The number of benzene rings is 1. The quantitative estimate of drug-likeness (QED) is 0.184. The van der Waals surface area contributed by atoms with E-state index < -0.39 is 0 Å². The Morgan fingerprint density at radius 3 is 2.33 bits per heavy atom. The lowest BCUT2D eigenvalue weighted by Gasteiger charge is -2.18. The van der Waals surface area contributed by atoms with E-state index in [2.05, 4.69) is 83.4 Å². The van der Waals surface area contributed by atoms with Gasteiger partial charge in [0.2, 0.25) is 0 Å². The Morgan fingerprint density at radius 1 is 0.900 bits per heavy atom. The van der Waals surface area contributed by atoms with Crippen molar-refractivity contribution in [1.29, 1.82) is 0 Å². The minimum atomic E-state index is 0.508. The van der Waals surface area contributed by atoms with Crippen LogP contribution in [0.4, 0.5) is 11.4 Å². The lowest BCUT2D eigenvalue weighted by atomic mass is 9.97. The normalized spacial score (nSPS) is 15.5. The predicted octanol–water partition coefficient (Wildman–Crippen LogP) is 8.30. The Kier molecular flexibility index (Phi) is 9.49. The van der Waals surface area contributed by atoms with Crippen LogP contribution in [-0.4, -0.2) is 18.1 Å². The Morgan fingerprint density at radius 2 is 1.65 bits per heavy atom. The van der Waals surface area contributed by atoms with Crippen molar-refractivity contribution in [3.05, 3.63) is 122 Å². The Balaban J connectivity index is 1.44. The van der Waals surface area contributed by atoms with Gasteiger partial charge in [-0.15, -0.1) is 0 Å². The van der Waals surface area contributed by atoms with Gasteiger partial charge in [-0.25, -0.2) is 0 Å². The maximum Gasteiger partial charge on any atom is 0.0574 e. The first-order chi connectivity index (χ1) is 19.3. The maximum atomic E-state index is 4.47. The van der Waals surface area contributed by atoms with Crippen molar-refractivity contribution in [2.75, 3.05) is 17.7 Å². The van der Waals surface area contributed by atoms with Gasteiger partial charge in [0.25, 0.3) is 0 Å². The van der Waals surface area contributed by atoms with E-state index in [1.54, 1.807) is 0 Å².